The van der Waals surface area contributed by atoms with Gasteiger partial charge in [-0.2, -0.15) is 0 Å². The molecule has 3 rings (SSSR count). The second-order valence-electron chi connectivity index (χ2n) is 6.68. The van der Waals surface area contributed by atoms with E-state index >= 15 is 0 Å². The van der Waals surface area contributed by atoms with Crippen molar-refractivity contribution in [1.82, 2.24) is 19.3 Å². The number of nitrogen functional groups attached to an aromatic ring is 1. The molecule has 2 heterocycles. The topological polar surface area (TPSA) is 103 Å². The minimum atomic E-state index is -3.11. The van der Waals surface area contributed by atoms with Crippen molar-refractivity contribution in [1.29, 1.82) is 0 Å². The lowest BCUT2D eigenvalue weighted by Gasteiger charge is -2.17. The van der Waals surface area contributed by atoms with Crippen LogP contribution in [0.3, 0.4) is 0 Å². The standard InChI is InChI=1S/C17H27N5O2S/c1-2-11-25(23,24)20-9-5-6-10-22-12-19-15-16(22)13-7-3-4-8-14(13)21-17(15)18/h12,20H,2-11H2,1H3,(H2,18,21). The Morgan fingerprint density at radius 3 is 2.88 bits per heavy atom. The number of nitrogens with one attached hydrogen (secondary N) is 1. The minimum absolute atomic E-state index is 0.192. The van der Waals surface area contributed by atoms with Gasteiger partial charge in [0.05, 0.1) is 17.6 Å². The molecule has 0 fully saturated rings. The van der Waals surface area contributed by atoms with Crippen LogP contribution in [-0.2, 0) is 29.4 Å². The third-order valence-electron chi connectivity index (χ3n) is 4.68. The summed E-state index contributed by atoms with van der Waals surface area (Å²) in [5.74, 6) is 0.708. The van der Waals surface area contributed by atoms with Crippen molar-refractivity contribution < 1.29 is 8.42 Å². The van der Waals surface area contributed by atoms with Crippen LogP contribution >= 0.6 is 0 Å². The number of aryl methyl sites for hydroxylation is 3. The fourth-order valence-corrected chi connectivity index (χ4v) is 4.63. The van der Waals surface area contributed by atoms with Crippen LogP contribution in [0.5, 0.6) is 0 Å². The van der Waals surface area contributed by atoms with Crippen LogP contribution in [0.2, 0.25) is 0 Å². The van der Waals surface area contributed by atoms with Crippen molar-refractivity contribution in [3.05, 3.63) is 17.6 Å². The van der Waals surface area contributed by atoms with Gasteiger partial charge in [0.25, 0.3) is 0 Å². The minimum Gasteiger partial charge on any atom is -0.382 e. The molecule has 0 spiro atoms. The van der Waals surface area contributed by atoms with Crippen LogP contribution < -0.4 is 10.5 Å². The Hall–Kier alpha value is -1.67. The average Bonchev–Trinajstić information content (AvgIpc) is 2.99. The van der Waals surface area contributed by atoms with Gasteiger partial charge in [-0.05, 0) is 50.5 Å². The first-order chi connectivity index (χ1) is 12.0. The van der Waals surface area contributed by atoms with E-state index < -0.39 is 10.0 Å². The number of pyridine rings is 1. The number of aromatic nitrogens is 3. The highest BCUT2D eigenvalue weighted by atomic mass is 32.2. The Balaban J connectivity index is 1.65. The fourth-order valence-electron chi connectivity index (χ4n) is 3.50. The normalized spacial score (nSPS) is 14.8. The SMILES string of the molecule is CCCS(=O)(=O)NCCCCn1cnc2c(N)nc3c(c21)CCCC3. The lowest BCUT2D eigenvalue weighted by atomic mass is 9.95. The first kappa shape index (κ1) is 18.1. The zero-order valence-electron chi connectivity index (χ0n) is 14.8. The largest absolute Gasteiger partial charge is 0.382 e. The van der Waals surface area contributed by atoms with Gasteiger partial charge in [0.15, 0.2) is 5.82 Å². The number of nitrogens with two attached hydrogens (primary N) is 1. The van der Waals surface area contributed by atoms with Crippen LogP contribution in [0.1, 0.15) is 50.3 Å². The van der Waals surface area contributed by atoms with Crippen molar-refractivity contribution in [2.45, 2.75) is 58.4 Å². The van der Waals surface area contributed by atoms with E-state index in [2.05, 4.69) is 19.3 Å². The van der Waals surface area contributed by atoms with Crippen molar-refractivity contribution in [2.75, 3.05) is 18.0 Å². The van der Waals surface area contributed by atoms with Gasteiger partial charge in [0.1, 0.15) is 5.52 Å². The maximum atomic E-state index is 11.6. The highest BCUT2D eigenvalue weighted by Gasteiger charge is 2.19. The van der Waals surface area contributed by atoms with E-state index in [-0.39, 0.29) is 5.75 Å². The van der Waals surface area contributed by atoms with Gasteiger partial charge >= 0.3 is 0 Å². The molecule has 25 heavy (non-hydrogen) atoms. The number of rotatable bonds is 8. The maximum Gasteiger partial charge on any atom is 0.211 e. The molecule has 0 radical (unpaired) electrons. The molecule has 0 aliphatic heterocycles. The van der Waals surface area contributed by atoms with Gasteiger partial charge in [0, 0.05) is 18.8 Å². The van der Waals surface area contributed by atoms with Crippen LogP contribution in [-0.4, -0.2) is 35.3 Å². The Labute approximate surface area is 149 Å². The monoisotopic (exact) mass is 365 g/mol. The van der Waals surface area contributed by atoms with Gasteiger partial charge in [-0.1, -0.05) is 6.92 Å². The lowest BCUT2D eigenvalue weighted by Crippen LogP contribution is -2.27. The number of sulfonamides is 1. The summed E-state index contributed by atoms with van der Waals surface area (Å²) in [6.07, 6.45) is 8.51. The van der Waals surface area contributed by atoms with E-state index in [0.717, 1.165) is 55.4 Å². The van der Waals surface area contributed by atoms with Gasteiger partial charge in [-0.3, -0.25) is 0 Å². The summed E-state index contributed by atoms with van der Waals surface area (Å²) < 4.78 is 28.1. The Kier molecular flexibility index (Phi) is 5.58. The Morgan fingerprint density at radius 2 is 2.08 bits per heavy atom. The quantitative estimate of drug-likeness (QED) is 0.697. The number of unbranched alkanes of at least 4 members (excludes halogenated alkanes) is 1. The molecule has 3 N–H and O–H groups in total. The van der Waals surface area contributed by atoms with E-state index in [4.69, 9.17) is 5.73 Å². The summed E-state index contributed by atoms with van der Waals surface area (Å²) in [5, 5.41) is 0. The zero-order valence-corrected chi connectivity index (χ0v) is 15.6. The van der Waals surface area contributed by atoms with Crippen LogP contribution in [0, 0.1) is 0 Å². The molecule has 0 unspecified atom stereocenters. The molecule has 0 amide bonds. The summed E-state index contributed by atoms with van der Waals surface area (Å²) >= 11 is 0. The molecule has 8 heteroatoms. The summed E-state index contributed by atoms with van der Waals surface area (Å²) in [7, 11) is -3.11. The third kappa shape index (κ3) is 4.12. The molecule has 0 saturated carbocycles. The number of nitrogens with zero attached hydrogens (tertiary/aromatic N) is 3. The van der Waals surface area contributed by atoms with Crippen LogP contribution in [0.4, 0.5) is 5.82 Å². The first-order valence-electron chi connectivity index (χ1n) is 9.11. The van der Waals surface area contributed by atoms with Crippen molar-refractivity contribution >= 4 is 26.9 Å². The van der Waals surface area contributed by atoms with E-state index in [1.54, 1.807) is 0 Å². The predicted octanol–water partition coefficient (Wildman–Crippen LogP) is 2.00. The van der Waals surface area contributed by atoms with Crippen molar-refractivity contribution in [3.8, 4) is 0 Å². The number of hydrogen-bond donors (Lipinski definition) is 2. The average molecular weight is 366 g/mol. The molecule has 2 aromatic heterocycles. The predicted molar refractivity (Wildman–Crippen MR) is 99.9 cm³/mol. The smallest absolute Gasteiger partial charge is 0.211 e. The molecule has 7 nitrogen and oxygen atoms in total. The van der Waals surface area contributed by atoms with Crippen molar-refractivity contribution in [2.24, 2.45) is 0 Å². The van der Waals surface area contributed by atoms with Gasteiger partial charge in [0.2, 0.25) is 10.0 Å². The zero-order chi connectivity index (χ0) is 17.9. The molecule has 0 bridgehead atoms. The number of anilines is 1. The summed E-state index contributed by atoms with van der Waals surface area (Å²) in [6, 6.07) is 0. The van der Waals surface area contributed by atoms with Gasteiger partial charge in [-0.25, -0.2) is 23.1 Å². The van der Waals surface area contributed by atoms with Crippen LogP contribution in [0.15, 0.2) is 6.33 Å². The summed E-state index contributed by atoms with van der Waals surface area (Å²) in [6.45, 7) is 3.16. The van der Waals surface area contributed by atoms with Crippen LogP contribution in [0.25, 0.3) is 11.0 Å². The maximum absolute atomic E-state index is 11.6. The van der Waals surface area contributed by atoms with E-state index in [0.29, 0.717) is 18.8 Å². The molecule has 0 atom stereocenters. The first-order valence-corrected chi connectivity index (χ1v) is 10.8. The van der Waals surface area contributed by atoms with Gasteiger partial charge in [-0.15, -0.1) is 0 Å². The Morgan fingerprint density at radius 1 is 1.28 bits per heavy atom. The molecular weight excluding hydrogens is 338 g/mol. The van der Waals surface area contributed by atoms with E-state index in [9.17, 15) is 8.42 Å². The number of fused-ring (bicyclic) bond motifs is 3. The number of hydrogen-bond acceptors (Lipinski definition) is 5. The molecule has 0 aromatic carbocycles. The molecule has 138 valence electrons. The van der Waals surface area contributed by atoms with E-state index in [1.165, 1.54) is 12.0 Å². The third-order valence-corrected chi connectivity index (χ3v) is 6.27. The highest BCUT2D eigenvalue weighted by molar-refractivity contribution is 7.89. The second kappa shape index (κ2) is 7.70. The fraction of sp³-hybridized carbons (Fsp3) is 0.647. The van der Waals surface area contributed by atoms with E-state index in [1.807, 2.05) is 13.3 Å². The molecular formula is C17H27N5O2S. The number of imidazole rings is 1. The van der Waals surface area contributed by atoms with Gasteiger partial charge < -0.3 is 10.3 Å². The Bertz CT molecular complexity index is 844. The second-order valence-corrected chi connectivity index (χ2v) is 8.61. The molecule has 2 aromatic rings. The molecule has 0 saturated heterocycles. The van der Waals surface area contributed by atoms with Crippen molar-refractivity contribution in [3.63, 3.8) is 0 Å². The summed E-state index contributed by atoms with van der Waals surface area (Å²) in [5.41, 5.74) is 10.4. The molecule has 1 aliphatic rings. The highest BCUT2D eigenvalue weighted by Crippen LogP contribution is 2.30. The lowest BCUT2D eigenvalue weighted by molar-refractivity contribution is 0.566. The summed E-state index contributed by atoms with van der Waals surface area (Å²) in [4.78, 5) is 8.99. The molecule has 1 aliphatic carbocycles.